The summed E-state index contributed by atoms with van der Waals surface area (Å²) in [7, 11) is 0. The number of aromatic nitrogens is 2. The third-order valence-corrected chi connectivity index (χ3v) is 3.06. The van der Waals surface area contributed by atoms with E-state index in [0.29, 0.717) is 11.8 Å². The molecular formula is C16H24N2. The zero-order chi connectivity index (χ0) is 13.5. The van der Waals surface area contributed by atoms with Crippen molar-refractivity contribution in [1.82, 2.24) is 10.2 Å². The van der Waals surface area contributed by atoms with Crippen molar-refractivity contribution >= 4 is 5.57 Å². The fourth-order valence-electron chi connectivity index (χ4n) is 1.54. The first-order chi connectivity index (χ1) is 8.58. The molecule has 0 aromatic carbocycles. The van der Waals surface area contributed by atoms with Gasteiger partial charge < -0.3 is 0 Å². The maximum Gasteiger partial charge on any atom is 0.0923 e. The fraction of sp³-hybridized carbons (Fsp3) is 0.438. The van der Waals surface area contributed by atoms with Gasteiger partial charge in [0.15, 0.2) is 0 Å². The monoisotopic (exact) mass is 244 g/mol. The van der Waals surface area contributed by atoms with Crippen molar-refractivity contribution in [2.45, 2.75) is 40.0 Å². The van der Waals surface area contributed by atoms with Crippen LogP contribution in [0.4, 0.5) is 0 Å². The predicted molar refractivity (Wildman–Crippen MR) is 79.4 cm³/mol. The van der Waals surface area contributed by atoms with Crippen molar-refractivity contribution in [3.8, 4) is 0 Å². The third-order valence-electron chi connectivity index (χ3n) is 3.06. The Morgan fingerprint density at radius 1 is 1.44 bits per heavy atom. The van der Waals surface area contributed by atoms with E-state index in [4.69, 9.17) is 0 Å². The molecule has 0 fully saturated rings. The molecule has 0 saturated heterocycles. The van der Waals surface area contributed by atoms with Crippen LogP contribution in [0.2, 0.25) is 0 Å². The zero-order valence-corrected chi connectivity index (χ0v) is 11.9. The van der Waals surface area contributed by atoms with E-state index < -0.39 is 0 Å². The van der Waals surface area contributed by atoms with Gasteiger partial charge in [-0.25, -0.2) is 0 Å². The molecule has 0 spiro atoms. The molecule has 2 heteroatoms. The van der Waals surface area contributed by atoms with E-state index in [1.807, 2.05) is 6.08 Å². The predicted octanol–water partition coefficient (Wildman–Crippen LogP) is 4.70. The average molecular weight is 244 g/mol. The van der Waals surface area contributed by atoms with E-state index in [2.05, 4.69) is 62.7 Å². The Kier molecular flexibility index (Phi) is 5.63. The van der Waals surface area contributed by atoms with Crippen molar-refractivity contribution in [1.29, 1.82) is 0 Å². The number of rotatable bonds is 6. The highest BCUT2D eigenvalue weighted by molar-refractivity contribution is 5.73. The Morgan fingerprint density at radius 2 is 2.17 bits per heavy atom. The zero-order valence-electron chi connectivity index (χ0n) is 11.9. The van der Waals surface area contributed by atoms with Crippen LogP contribution in [0.5, 0.6) is 0 Å². The lowest BCUT2D eigenvalue weighted by atomic mass is 10.0. The maximum absolute atomic E-state index is 4.37. The van der Waals surface area contributed by atoms with Gasteiger partial charge in [0, 0.05) is 11.3 Å². The van der Waals surface area contributed by atoms with Crippen molar-refractivity contribution in [3.05, 3.63) is 48.3 Å². The minimum Gasteiger partial charge on any atom is -0.282 e. The number of nitrogens with one attached hydrogen (secondary N) is 1. The molecule has 1 aromatic rings. The Labute approximate surface area is 111 Å². The van der Waals surface area contributed by atoms with Crippen LogP contribution in [-0.2, 0) is 0 Å². The highest BCUT2D eigenvalue weighted by atomic mass is 15.1. The van der Waals surface area contributed by atoms with E-state index >= 15 is 0 Å². The minimum atomic E-state index is 0.467. The van der Waals surface area contributed by atoms with Gasteiger partial charge in [-0.15, -0.1) is 0 Å². The summed E-state index contributed by atoms with van der Waals surface area (Å²) in [6.07, 6.45) is 9.31. The van der Waals surface area contributed by atoms with Crippen LogP contribution in [0.3, 0.4) is 0 Å². The van der Waals surface area contributed by atoms with Crippen molar-refractivity contribution in [3.63, 3.8) is 0 Å². The molecule has 0 saturated carbocycles. The molecular weight excluding hydrogens is 220 g/mol. The smallest absolute Gasteiger partial charge is 0.0923 e. The average Bonchev–Trinajstić information content (AvgIpc) is 2.83. The lowest BCUT2D eigenvalue weighted by Gasteiger charge is -2.01. The standard InChI is InChI=1S/C16H24N2/c1-6-8-14(10-9-13(5)7-2)16-11-15(12(3)4)17-18-16/h6,8-13H,1,7H2,2-5H3,(H,17,18)/b10-9-,14-8+. The number of allylic oxidation sites excluding steroid dienone is 5. The van der Waals surface area contributed by atoms with Crippen LogP contribution >= 0.6 is 0 Å². The molecule has 0 bridgehead atoms. The largest absolute Gasteiger partial charge is 0.282 e. The van der Waals surface area contributed by atoms with Crippen molar-refractivity contribution in [2.75, 3.05) is 0 Å². The molecule has 0 amide bonds. The summed E-state index contributed by atoms with van der Waals surface area (Å²) in [5, 5.41) is 7.45. The van der Waals surface area contributed by atoms with Crippen molar-refractivity contribution in [2.24, 2.45) is 5.92 Å². The lowest BCUT2D eigenvalue weighted by Crippen LogP contribution is -1.86. The van der Waals surface area contributed by atoms with E-state index in [9.17, 15) is 0 Å². The summed E-state index contributed by atoms with van der Waals surface area (Å²) >= 11 is 0. The fourth-order valence-corrected chi connectivity index (χ4v) is 1.54. The summed E-state index contributed by atoms with van der Waals surface area (Å²) in [6, 6.07) is 2.11. The molecule has 0 aliphatic heterocycles. The molecule has 98 valence electrons. The summed E-state index contributed by atoms with van der Waals surface area (Å²) in [5.41, 5.74) is 3.25. The molecule has 0 radical (unpaired) electrons. The van der Waals surface area contributed by atoms with E-state index in [1.165, 1.54) is 0 Å². The SMILES string of the molecule is C=C/C=C(\C=C/C(C)CC)c1cc(C(C)C)[nH]n1. The first-order valence-electron chi connectivity index (χ1n) is 6.65. The first kappa shape index (κ1) is 14.5. The second-order valence-electron chi connectivity index (χ2n) is 4.97. The number of hydrogen-bond donors (Lipinski definition) is 1. The molecule has 2 nitrogen and oxygen atoms in total. The van der Waals surface area contributed by atoms with Gasteiger partial charge in [0.25, 0.3) is 0 Å². The van der Waals surface area contributed by atoms with Gasteiger partial charge in [0.1, 0.15) is 0 Å². The van der Waals surface area contributed by atoms with E-state index in [-0.39, 0.29) is 0 Å². The lowest BCUT2D eigenvalue weighted by molar-refractivity contribution is 0.698. The van der Waals surface area contributed by atoms with Crippen LogP contribution in [-0.4, -0.2) is 10.2 Å². The Balaban J connectivity index is 2.94. The highest BCUT2D eigenvalue weighted by Crippen LogP contribution is 2.20. The van der Waals surface area contributed by atoms with Gasteiger partial charge >= 0.3 is 0 Å². The molecule has 1 atom stereocenters. The van der Waals surface area contributed by atoms with Gasteiger partial charge in [-0.1, -0.05) is 65.0 Å². The van der Waals surface area contributed by atoms with Crippen LogP contribution in [0, 0.1) is 5.92 Å². The van der Waals surface area contributed by atoms with Crippen LogP contribution in [0.25, 0.3) is 5.57 Å². The van der Waals surface area contributed by atoms with Crippen LogP contribution < -0.4 is 0 Å². The Hall–Kier alpha value is -1.57. The Bertz CT molecular complexity index is 436. The summed E-state index contributed by atoms with van der Waals surface area (Å²) < 4.78 is 0. The quantitative estimate of drug-likeness (QED) is 0.722. The van der Waals surface area contributed by atoms with Gasteiger partial charge in [0.05, 0.1) is 5.69 Å². The van der Waals surface area contributed by atoms with Gasteiger partial charge in [-0.2, -0.15) is 5.10 Å². The van der Waals surface area contributed by atoms with E-state index in [0.717, 1.165) is 23.4 Å². The van der Waals surface area contributed by atoms with Gasteiger partial charge in [-0.05, 0) is 17.9 Å². The highest BCUT2D eigenvalue weighted by Gasteiger charge is 2.06. The van der Waals surface area contributed by atoms with Crippen LogP contribution in [0.1, 0.15) is 51.4 Å². The maximum atomic E-state index is 4.37. The minimum absolute atomic E-state index is 0.467. The third kappa shape index (κ3) is 4.02. The van der Waals surface area contributed by atoms with Gasteiger partial charge in [-0.3, -0.25) is 5.10 Å². The second-order valence-corrected chi connectivity index (χ2v) is 4.97. The number of H-pyrrole nitrogens is 1. The molecule has 1 N–H and O–H groups in total. The molecule has 1 unspecified atom stereocenters. The molecule has 1 rings (SSSR count). The van der Waals surface area contributed by atoms with Gasteiger partial charge in [0.2, 0.25) is 0 Å². The summed E-state index contributed by atoms with van der Waals surface area (Å²) in [6.45, 7) is 12.5. The summed E-state index contributed by atoms with van der Waals surface area (Å²) in [5.74, 6) is 1.05. The normalized spacial score (nSPS) is 14.4. The molecule has 1 heterocycles. The van der Waals surface area contributed by atoms with Crippen LogP contribution in [0.15, 0.2) is 36.9 Å². The first-order valence-corrected chi connectivity index (χ1v) is 6.65. The summed E-state index contributed by atoms with van der Waals surface area (Å²) in [4.78, 5) is 0. The number of nitrogens with zero attached hydrogens (tertiary/aromatic N) is 1. The molecule has 18 heavy (non-hydrogen) atoms. The van der Waals surface area contributed by atoms with Crippen molar-refractivity contribution < 1.29 is 0 Å². The molecule has 1 aromatic heterocycles. The molecule has 0 aliphatic rings. The number of aromatic amines is 1. The number of hydrogen-bond acceptors (Lipinski definition) is 1. The molecule has 0 aliphatic carbocycles. The topological polar surface area (TPSA) is 28.7 Å². The Morgan fingerprint density at radius 3 is 2.67 bits per heavy atom. The second kappa shape index (κ2) is 7.00. The van der Waals surface area contributed by atoms with E-state index in [1.54, 1.807) is 6.08 Å².